The molecule has 0 spiro atoms. The van der Waals surface area contributed by atoms with Gasteiger partial charge < -0.3 is 15.4 Å². The van der Waals surface area contributed by atoms with E-state index < -0.39 is 10.0 Å². The normalized spacial score (nSPS) is 11.5. The van der Waals surface area contributed by atoms with Gasteiger partial charge in [-0.15, -0.1) is 24.0 Å². The molecule has 0 unspecified atom stereocenters. The summed E-state index contributed by atoms with van der Waals surface area (Å²) in [6.45, 7) is 1.09. The van der Waals surface area contributed by atoms with Crippen LogP contribution in [-0.4, -0.2) is 41.6 Å². The van der Waals surface area contributed by atoms with Crippen LogP contribution in [0.1, 0.15) is 5.56 Å². The number of nitrogens with zero attached hydrogens (tertiary/aromatic N) is 1. The highest BCUT2D eigenvalue weighted by Crippen LogP contribution is 2.16. The summed E-state index contributed by atoms with van der Waals surface area (Å²) in [6.07, 6.45) is 0. The number of methoxy groups -OCH3 is 1. The van der Waals surface area contributed by atoms with Crippen molar-refractivity contribution in [3.8, 4) is 5.75 Å². The lowest BCUT2D eigenvalue weighted by atomic mass is 10.2. The average Bonchev–Trinajstić information content (AvgIpc) is 2.67. The number of halogens is 2. The Morgan fingerprint density at radius 2 is 1.86 bits per heavy atom. The van der Waals surface area contributed by atoms with Gasteiger partial charge in [-0.05, 0) is 24.3 Å². The maximum absolute atomic E-state index is 12.2. The standard InChI is InChI=1S/C18H23ClN4O3S.HI/c1-20-18(22-13-14-6-3-4-9-17(14)26-2)21-10-11-23-27(24,25)16-8-5-7-15(19)12-16;/h3-9,12,23H,10-11,13H2,1-2H3,(H2,20,21,22);1H. The molecule has 0 heterocycles. The third-order valence-electron chi connectivity index (χ3n) is 3.68. The Morgan fingerprint density at radius 1 is 1.11 bits per heavy atom. The predicted molar refractivity (Wildman–Crippen MR) is 123 cm³/mol. The van der Waals surface area contributed by atoms with Gasteiger partial charge in [-0.1, -0.05) is 35.9 Å². The van der Waals surface area contributed by atoms with Crippen LogP contribution in [-0.2, 0) is 16.6 Å². The third-order valence-corrected chi connectivity index (χ3v) is 5.37. The molecule has 2 aromatic rings. The number of guanidine groups is 1. The molecule has 2 rings (SSSR count). The van der Waals surface area contributed by atoms with Crippen LogP contribution in [0.4, 0.5) is 0 Å². The molecule has 7 nitrogen and oxygen atoms in total. The summed E-state index contributed by atoms with van der Waals surface area (Å²) < 4.78 is 32.3. The second-order valence-corrected chi connectivity index (χ2v) is 7.72. The first kappa shape index (κ1) is 24.5. The summed E-state index contributed by atoms with van der Waals surface area (Å²) in [5.74, 6) is 1.34. The Balaban J connectivity index is 0.00000392. The van der Waals surface area contributed by atoms with Crippen molar-refractivity contribution < 1.29 is 13.2 Å². The molecular formula is C18H24ClIN4O3S. The number of benzene rings is 2. The highest BCUT2D eigenvalue weighted by atomic mass is 127. The SMILES string of the molecule is CN=C(NCCNS(=O)(=O)c1cccc(Cl)c1)NCc1ccccc1OC.I. The second-order valence-electron chi connectivity index (χ2n) is 5.52. The Labute approximate surface area is 188 Å². The molecule has 154 valence electrons. The molecule has 0 atom stereocenters. The maximum Gasteiger partial charge on any atom is 0.240 e. The van der Waals surface area contributed by atoms with E-state index >= 15 is 0 Å². The van der Waals surface area contributed by atoms with Gasteiger partial charge in [0.1, 0.15) is 5.75 Å². The van der Waals surface area contributed by atoms with Crippen LogP contribution in [0.5, 0.6) is 5.75 Å². The average molecular weight is 539 g/mol. The monoisotopic (exact) mass is 538 g/mol. The lowest BCUT2D eigenvalue weighted by Gasteiger charge is -2.14. The summed E-state index contributed by atoms with van der Waals surface area (Å²) in [7, 11) is -0.334. The van der Waals surface area contributed by atoms with Gasteiger partial charge in [-0.25, -0.2) is 13.1 Å². The molecule has 0 fully saturated rings. The van der Waals surface area contributed by atoms with Crippen LogP contribution in [0.3, 0.4) is 0 Å². The van der Waals surface area contributed by atoms with Crippen molar-refractivity contribution in [3.63, 3.8) is 0 Å². The molecule has 3 N–H and O–H groups in total. The smallest absolute Gasteiger partial charge is 0.240 e. The molecule has 0 saturated carbocycles. The molecular weight excluding hydrogens is 515 g/mol. The van der Waals surface area contributed by atoms with Crippen molar-refractivity contribution in [3.05, 3.63) is 59.1 Å². The van der Waals surface area contributed by atoms with Gasteiger partial charge >= 0.3 is 0 Å². The molecule has 0 radical (unpaired) electrons. The minimum absolute atomic E-state index is 0. The first-order valence-corrected chi connectivity index (χ1v) is 10.1. The quantitative estimate of drug-likeness (QED) is 0.208. The number of aliphatic imine (C=N–C) groups is 1. The van der Waals surface area contributed by atoms with E-state index in [4.69, 9.17) is 16.3 Å². The van der Waals surface area contributed by atoms with Crippen molar-refractivity contribution in [2.24, 2.45) is 4.99 Å². The lowest BCUT2D eigenvalue weighted by Crippen LogP contribution is -2.41. The minimum Gasteiger partial charge on any atom is -0.496 e. The number of ether oxygens (including phenoxy) is 1. The van der Waals surface area contributed by atoms with Crippen molar-refractivity contribution in [2.45, 2.75) is 11.4 Å². The summed E-state index contributed by atoms with van der Waals surface area (Å²) in [5.41, 5.74) is 0.990. The first-order valence-electron chi connectivity index (χ1n) is 8.28. The van der Waals surface area contributed by atoms with E-state index in [1.165, 1.54) is 12.1 Å². The Hall–Kier alpha value is -1.56. The van der Waals surface area contributed by atoms with E-state index in [9.17, 15) is 8.42 Å². The summed E-state index contributed by atoms with van der Waals surface area (Å²) in [4.78, 5) is 4.25. The van der Waals surface area contributed by atoms with E-state index in [0.29, 0.717) is 24.1 Å². The van der Waals surface area contributed by atoms with E-state index in [1.807, 2.05) is 24.3 Å². The van der Waals surface area contributed by atoms with Crippen LogP contribution >= 0.6 is 35.6 Å². The van der Waals surface area contributed by atoms with Crippen LogP contribution in [0.15, 0.2) is 58.4 Å². The topological polar surface area (TPSA) is 91.8 Å². The molecule has 0 aromatic heterocycles. The van der Waals surface area contributed by atoms with Gasteiger partial charge in [0, 0.05) is 37.3 Å². The third kappa shape index (κ3) is 7.46. The van der Waals surface area contributed by atoms with Crippen LogP contribution in [0.2, 0.25) is 5.02 Å². The number of hydrogen-bond donors (Lipinski definition) is 3. The van der Waals surface area contributed by atoms with Crippen molar-refractivity contribution in [1.29, 1.82) is 0 Å². The molecule has 0 amide bonds. The fraction of sp³-hybridized carbons (Fsp3) is 0.278. The fourth-order valence-corrected chi connectivity index (χ4v) is 3.66. The zero-order valence-corrected chi connectivity index (χ0v) is 19.5. The van der Waals surface area contributed by atoms with Crippen LogP contribution < -0.4 is 20.1 Å². The zero-order valence-electron chi connectivity index (χ0n) is 15.6. The highest BCUT2D eigenvalue weighted by molar-refractivity contribution is 14.0. The Kier molecular flexibility index (Phi) is 10.6. The van der Waals surface area contributed by atoms with Crippen molar-refractivity contribution in [1.82, 2.24) is 15.4 Å². The molecule has 2 aromatic carbocycles. The van der Waals surface area contributed by atoms with E-state index in [-0.39, 0.29) is 35.4 Å². The number of sulfonamides is 1. The largest absolute Gasteiger partial charge is 0.496 e. The first-order chi connectivity index (χ1) is 13.0. The highest BCUT2D eigenvalue weighted by Gasteiger charge is 2.13. The van der Waals surface area contributed by atoms with Gasteiger partial charge in [0.15, 0.2) is 5.96 Å². The van der Waals surface area contributed by atoms with Gasteiger partial charge in [0.05, 0.1) is 12.0 Å². The Bertz CT molecular complexity index is 894. The van der Waals surface area contributed by atoms with Gasteiger partial charge in [-0.2, -0.15) is 0 Å². The van der Waals surface area contributed by atoms with Crippen molar-refractivity contribution >= 4 is 51.6 Å². The fourth-order valence-electron chi connectivity index (χ4n) is 2.33. The van der Waals surface area contributed by atoms with E-state index in [0.717, 1.165) is 11.3 Å². The van der Waals surface area contributed by atoms with Crippen molar-refractivity contribution in [2.75, 3.05) is 27.2 Å². The van der Waals surface area contributed by atoms with E-state index in [2.05, 4.69) is 20.3 Å². The maximum atomic E-state index is 12.2. The van der Waals surface area contributed by atoms with Gasteiger partial charge in [0.25, 0.3) is 0 Å². The lowest BCUT2D eigenvalue weighted by molar-refractivity contribution is 0.409. The number of nitrogens with one attached hydrogen (secondary N) is 3. The summed E-state index contributed by atoms with van der Waals surface area (Å²) >= 11 is 5.84. The number of rotatable bonds is 8. The molecule has 10 heteroatoms. The summed E-state index contributed by atoms with van der Waals surface area (Å²) in [6, 6.07) is 13.8. The van der Waals surface area contributed by atoms with Crippen LogP contribution in [0.25, 0.3) is 0 Å². The van der Waals surface area contributed by atoms with Gasteiger partial charge in [0.2, 0.25) is 10.0 Å². The minimum atomic E-state index is -3.60. The van der Waals surface area contributed by atoms with Crippen LogP contribution in [0, 0.1) is 0 Å². The second kappa shape index (κ2) is 12.1. The number of para-hydroxylation sites is 1. The van der Waals surface area contributed by atoms with Gasteiger partial charge in [-0.3, -0.25) is 4.99 Å². The Morgan fingerprint density at radius 3 is 2.54 bits per heavy atom. The molecule has 0 aliphatic heterocycles. The summed E-state index contributed by atoms with van der Waals surface area (Å²) in [5, 5.41) is 6.59. The molecule has 0 bridgehead atoms. The molecule has 0 aliphatic rings. The zero-order chi connectivity index (χ0) is 19.7. The number of hydrogen-bond acceptors (Lipinski definition) is 4. The molecule has 0 saturated heterocycles. The molecule has 28 heavy (non-hydrogen) atoms. The predicted octanol–water partition coefficient (Wildman–Crippen LogP) is 2.61. The molecule has 0 aliphatic carbocycles. The van der Waals surface area contributed by atoms with E-state index in [1.54, 1.807) is 26.3 Å².